The monoisotopic (exact) mass is 234 g/mol. The first kappa shape index (κ1) is 13.2. The van der Waals surface area contributed by atoms with Crippen LogP contribution in [0, 0.1) is 0 Å². The van der Waals surface area contributed by atoms with Crippen molar-refractivity contribution in [1.82, 2.24) is 20.6 Å². The zero-order valence-electron chi connectivity index (χ0n) is 8.04. The molecule has 1 heterocycles. The number of thiocarbonyl (C=S) groups is 1. The van der Waals surface area contributed by atoms with E-state index in [1.54, 1.807) is 6.33 Å². The van der Waals surface area contributed by atoms with Gasteiger partial charge in [0, 0.05) is 25.5 Å². The second-order valence-electron chi connectivity index (χ2n) is 2.69. The zero-order valence-corrected chi connectivity index (χ0v) is 9.67. The van der Waals surface area contributed by atoms with Gasteiger partial charge in [-0.3, -0.25) is 0 Å². The van der Waals surface area contributed by atoms with E-state index in [1.807, 2.05) is 13.2 Å². The number of hydrogen-bond acceptors (Lipinski definition) is 2. The molecule has 0 aliphatic carbocycles. The van der Waals surface area contributed by atoms with Crippen LogP contribution in [0.5, 0.6) is 0 Å². The van der Waals surface area contributed by atoms with Crippen LogP contribution in [0.1, 0.15) is 12.1 Å². The summed E-state index contributed by atoms with van der Waals surface area (Å²) in [6.07, 6.45) is 5.58. The quantitative estimate of drug-likeness (QED) is 0.534. The van der Waals surface area contributed by atoms with Crippen LogP contribution in [0.4, 0.5) is 0 Å². The number of aryl methyl sites for hydroxylation is 1. The second-order valence-corrected chi connectivity index (χ2v) is 3.09. The SMILES string of the molecule is CNC(=S)NCCCc1cnc[nH]1.Cl. The van der Waals surface area contributed by atoms with E-state index in [2.05, 4.69) is 20.6 Å². The highest BCUT2D eigenvalue weighted by atomic mass is 35.5. The Labute approximate surface area is 95.3 Å². The third kappa shape index (κ3) is 5.04. The van der Waals surface area contributed by atoms with Gasteiger partial charge in [-0.1, -0.05) is 0 Å². The maximum Gasteiger partial charge on any atom is 0.166 e. The van der Waals surface area contributed by atoms with E-state index in [-0.39, 0.29) is 12.4 Å². The molecule has 14 heavy (non-hydrogen) atoms. The lowest BCUT2D eigenvalue weighted by atomic mass is 10.2. The number of H-pyrrole nitrogens is 1. The molecule has 0 aliphatic rings. The highest BCUT2D eigenvalue weighted by Gasteiger charge is 1.94. The first-order valence-corrected chi connectivity index (χ1v) is 4.66. The molecule has 0 atom stereocenters. The van der Waals surface area contributed by atoms with Crippen LogP contribution in [-0.2, 0) is 6.42 Å². The van der Waals surface area contributed by atoms with Crippen LogP contribution in [0.3, 0.4) is 0 Å². The fourth-order valence-electron chi connectivity index (χ4n) is 0.991. The van der Waals surface area contributed by atoms with E-state index >= 15 is 0 Å². The molecule has 0 fully saturated rings. The molecule has 1 aromatic rings. The minimum atomic E-state index is 0. The van der Waals surface area contributed by atoms with Gasteiger partial charge in [-0.2, -0.15) is 0 Å². The second kappa shape index (κ2) is 7.58. The number of aromatic amines is 1. The molecule has 0 bridgehead atoms. The van der Waals surface area contributed by atoms with Crippen molar-refractivity contribution in [2.75, 3.05) is 13.6 Å². The van der Waals surface area contributed by atoms with Crippen LogP contribution in [-0.4, -0.2) is 28.7 Å². The van der Waals surface area contributed by atoms with E-state index < -0.39 is 0 Å². The highest BCUT2D eigenvalue weighted by molar-refractivity contribution is 7.80. The smallest absolute Gasteiger partial charge is 0.166 e. The van der Waals surface area contributed by atoms with Gasteiger partial charge in [0.05, 0.1) is 6.33 Å². The van der Waals surface area contributed by atoms with Crippen molar-refractivity contribution in [3.05, 3.63) is 18.2 Å². The predicted molar refractivity (Wildman–Crippen MR) is 63.8 cm³/mol. The van der Waals surface area contributed by atoms with Gasteiger partial charge in [-0.05, 0) is 25.1 Å². The van der Waals surface area contributed by atoms with Gasteiger partial charge in [-0.25, -0.2) is 4.98 Å². The molecular formula is C8H15ClN4S. The Balaban J connectivity index is 0.00000169. The first-order valence-electron chi connectivity index (χ1n) is 4.25. The molecule has 0 saturated carbocycles. The standard InChI is InChI=1S/C8H14N4S.ClH/c1-9-8(13)11-4-2-3-7-5-10-6-12-7;/h5-6H,2-4H2,1H3,(H,10,12)(H2,9,11,13);1H. The van der Waals surface area contributed by atoms with Crippen LogP contribution in [0.25, 0.3) is 0 Å². The molecular weight excluding hydrogens is 220 g/mol. The van der Waals surface area contributed by atoms with Gasteiger partial charge in [0.15, 0.2) is 5.11 Å². The number of rotatable bonds is 4. The minimum absolute atomic E-state index is 0. The van der Waals surface area contributed by atoms with Crippen molar-refractivity contribution in [2.24, 2.45) is 0 Å². The lowest BCUT2D eigenvalue weighted by molar-refractivity contribution is 0.756. The summed E-state index contributed by atoms with van der Waals surface area (Å²) < 4.78 is 0. The Morgan fingerprint density at radius 1 is 1.64 bits per heavy atom. The summed E-state index contributed by atoms with van der Waals surface area (Å²) in [5.41, 5.74) is 1.16. The molecule has 0 spiro atoms. The minimum Gasteiger partial charge on any atom is -0.366 e. The van der Waals surface area contributed by atoms with Crippen LogP contribution >= 0.6 is 24.6 Å². The molecule has 80 valence electrons. The van der Waals surface area contributed by atoms with E-state index in [0.717, 1.165) is 25.1 Å². The van der Waals surface area contributed by atoms with E-state index in [1.165, 1.54) is 0 Å². The lowest BCUT2D eigenvalue weighted by Crippen LogP contribution is -2.33. The van der Waals surface area contributed by atoms with Gasteiger partial charge in [-0.15, -0.1) is 12.4 Å². The zero-order chi connectivity index (χ0) is 9.52. The predicted octanol–water partition coefficient (Wildman–Crippen LogP) is 0.858. The lowest BCUT2D eigenvalue weighted by Gasteiger charge is -2.05. The number of halogens is 1. The van der Waals surface area contributed by atoms with Crippen LogP contribution < -0.4 is 10.6 Å². The molecule has 6 heteroatoms. The maximum absolute atomic E-state index is 4.93. The van der Waals surface area contributed by atoms with Gasteiger partial charge in [0.25, 0.3) is 0 Å². The summed E-state index contributed by atoms with van der Waals surface area (Å²) in [4.78, 5) is 6.99. The maximum atomic E-state index is 4.93. The normalized spacial score (nSPS) is 8.93. The van der Waals surface area contributed by atoms with Gasteiger partial charge in [0.2, 0.25) is 0 Å². The Kier molecular flexibility index (Phi) is 7.14. The fourth-order valence-corrected chi connectivity index (χ4v) is 1.09. The average molecular weight is 235 g/mol. The Hall–Kier alpha value is -0.810. The van der Waals surface area contributed by atoms with Crippen LogP contribution in [0.2, 0.25) is 0 Å². The molecule has 0 saturated heterocycles. The van der Waals surface area contributed by atoms with E-state index in [9.17, 15) is 0 Å². The number of aromatic nitrogens is 2. The molecule has 1 rings (SSSR count). The number of nitrogens with one attached hydrogen (secondary N) is 3. The van der Waals surface area contributed by atoms with Crippen molar-refractivity contribution in [1.29, 1.82) is 0 Å². The largest absolute Gasteiger partial charge is 0.366 e. The van der Waals surface area contributed by atoms with Crippen molar-refractivity contribution in [3.8, 4) is 0 Å². The molecule has 0 unspecified atom stereocenters. The van der Waals surface area contributed by atoms with Crippen molar-refractivity contribution >= 4 is 29.7 Å². The molecule has 0 radical (unpaired) electrons. The summed E-state index contributed by atoms with van der Waals surface area (Å²) in [5, 5.41) is 6.64. The molecule has 1 aromatic heterocycles. The third-order valence-electron chi connectivity index (χ3n) is 1.69. The van der Waals surface area contributed by atoms with E-state index in [0.29, 0.717) is 5.11 Å². The van der Waals surface area contributed by atoms with Gasteiger partial charge >= 0.3 is 0 Å². The van der Waals surface area contributed by atoms with Crippen molar-refractivity contribution in [2.45, 2.75) is 12.8 Å². The molecule has 4 nitrogen and oxygen atoms in total. The van der Waals surface area contributed by atoms with Gasteiger partial charge < -0.3 is 15.6 Å². The summed E-state index contributed by atoms with van der Waals surface area (Å²) in [6, 6.07) is 0. The molecule has 0 aromatic carbocycles. The van der Waals surface area contributed by atoms with Crippen LogP contribution in [0.15, 0.2) is 12.5 Å². The summed E-state index contributed by atoms with van der Waals surface area (Å²) >= 11 is 4.93. The highest BCUT2D eigenvalue weighted by Crippen LogP contribution is 1.94. The first-order chi connectivity index (χ1) is 6.33. The number of nitrogens with zero attached hydrogens (tertiary/aromatic N) is 1. The summed E-state index contributed by atoms with van der Waals surface area (Å²) in [6.45, 7) is 0.888. The summed E-state index contributed by atoms with van der Waals surface area (Å²) in [7, 11) is 1.81. The van der Waals surface area contributed by atoms with Crippen molar-refractivity contribution < 1.29 is 0 Å². The topological polar surface area (TPSA) is 52.7 Å². The Morgan fingerprint density at radius 3 is 3.00 bits per heavy atom. The third-order valence-corrected chi connectivity index (χ3v) is 2.04. The van der Waals surface area contributed by atoms with E-state index in [4.69, 9.17) is 12.2 Å². The average Bonchev–Trinajstić information content (AvgIpc) is 2.64. The van der Waals surface area contributed by atoms with Crippen molar-refractivity contribution in [3.63, 3.8) is 0 Å². The number of imidazole rings is 1. The van der Waals surface area contributed by atoms with Gasteiger partial charge in [0.1, 0.15) is 0 Å². The molecule has 0 aliphatic heterocycles. The molecule has 3 N–H and O–H groups in total. The Bertz CT molecular complexity index is 250. The summed E-state index contributed by atoms with van der Waals surface area (Å²) in [5.74, 6) is 0. The number of hydrogen-bond donors (Lipinski definition) is 3. The Morgan fingerprint density at radius 2 is 2.43 bits per heavy atom. The molecule has 0 amide bonds. The fraction of sp³-hybridized carbons (Fsp3) is 0.500.